The molecule has 0 aromatic heterocycles. The Hall–Kier alpha value is -2.89. The van der Waals surface area contributed by atoms with Gasteiger partial charge in [-0.25, -0.2) is 4.79 Å². The van der Waals surface area contributed by atoms with Crippen LogP contribution in [0.15, 0.2) is 58.6 Å². The molecule has 0 saturated heterocycles. The van der Waals surface area contributed by atoms with Crippen molar-refractivity contribution in [1.82, 2.24) is 0 Å². The Morgan fingerprint density at radius 2 is 1.68 bits per heavy atom. The first-order chi connectivity index (χ1) is 10.6. The zero-order valence-electron chi connectivity index (χ0n) is 11.3. The Morgan fingerprint density at radius 1 is 1.05 bits per heavy atom. The zero-order chi connectivity index (χ0) is 15.9. The highest BCUT2D eigenvalue weighted by Gasteiger charge is 2.11. The lowest BCUT2D eigenvalue weighted by atomic mass is 10.1. The van der Waals surface area contributed by atoms with E-state index in [9.17, 15) is 4.79 Å². The normalized spacial score (nSPS) is 9.23. The van der Waals surface area contributed by atoms with Gasteiger partial charge in [-0.1, -0.05) is 24.3 Å². The Kier molecular flexibility index (Phi) is 5.08. The molecule has 0 unspecified atom stereocenters. The molecule has 0 bridgehead atoms. The van der Waals surface area contributed by atoms with Gasteiger partial charge in [-0.15, -0.1) is 0 Å². The maximum atomic E-state index is 12.0. The smallest absolute Gasteiger partial charge is 0.344 e. The Balaban J connectivity index is 2.14. The van der Waals surface area contributed by atoms with Crippen LogP contribution in [0.1, 0.15) is 15.9 Å². The van der Waals surface area contributed by atoms with Crippen LogP contribution in [0.2, 0.25) is 0 Å². The average Bonchev–Trinajstić information content (AvgIpc) is 2.54. The van der Waals surface area contributed by atoms with Gasteiger partial charge in [-0.3, -0.25) is 0 Å². The van der Waals surface area contributed by atoms with E-state index in [1.54, 1.807) is 54.6 Å². The van der Waals surface area contributed by atoms with Gasteiger partial charge in [0.05, 0.1) is 5.56 Å². The number of nitrogens with zero attached hydrogens (tertiary/aromatic N) is 2. The molecule has 0 radical (unpaired) electrons. The fourth-order valence-electron chi connectivity index (χ4n) is 1.68. The summed E-state index contributed by atoms with van der Waals surface area (Å²) in [7, 11) is 0. The van der Waals surface area contributed by atoms with E-state index < -0.39 is 5.97 Å². The molecule has 4 nitrogen and oxygen atoms in total. The molecule has 0 saturated carbocycles. The molecule has 0 aliphatic rings. The second-order valence-electron chi connectivity index (χ2n) is 4.22. The summed E-state index contributed by atoms with van der Waals surface area (Å²) < 4.78 is 5.93. The van der Waals surface area contributed by atoms with Crippen molar-refractivity contribution in [2.45, 2.75) is 0 Å². The number of ether oxygens (including phenoxy) is 1. The van der Waals surface area contributed by atoms with Crippen LogP contribution in [-0.4, -0.2) is 5.97 Å². The number of carbonyl (C=O) groups is 1. The van der Waals surface area contributed by atoms with E-state index in [0.717, 1.165) is 0 Å². The van der Waals surface area contributed by atoms with Crippen molar-refractivity contribution in [1.29, 1.82) is 10.5 Å². The molecule has 0 spiro atoms. The number of hydrogen-bond acceptors (Lipinski definition) is 4. The predicted octanol–water partition coefficient (Wildman–Crippen LogP) is 4.10. The number of carbonyl (C=O) groups excluding carboxylic acids is 1. The predicted molar refractivity (Wildman–Crippen MR) is 84.7 cm³/mol. The topological polar surface area (TPSA) is 73.9 Å². The molecule has 0 fully saturated rings. The van der Waals surface area contributed by atoms with E-state index in [4.69, 9.17) is 15.3 Å². The lowest BCUT2D eigenvalue weighted by Crippen LogP contribution is -2.09. The lowest BCUT2D eigenvalue weighted by Gasteiger charge is -2.06. The molecule has 22 heavy (non-hydrogen) atoms. The number of esters is 1. The fraction of sp³-hybridized carbons (Fsp3) is 0. The second kappa shape index (κ2) is 7.21. The number of rotatable bonds is 3. The monoisotopic (exact) mass is 352 g/mol. The van der Waals surface area contributed by atoms with Crippen LogP contribution in [0.3, 0.4) is 0 Å². The molecule has 0 heterocycles. The molecule has 0 aliphatic carbocycles. The standard InChI is InChI=1S/C17H9BrN2O2/c18-16-4-2-1-3-15(16)17(21)22-14-7-5-12(6-8-14)9-13(10-19)11-20/h1-9H. The number of hydrogen-bond donors (Lipinski definition) is 0. The molecule has 0 N–H and O–H groups in total. The lowest BCUT2D eigenvalue weighted by molar-refractivity contribution is 0.0734. The highest BCUT2D eigenvalue weighted by Crippen LogP contribution is 2.20. The summed E-state index contributed by atoms with van der Waals surface area (Å²) in [6.45, 7) is 0. The van der Waals surface area contributed by atoms with Gasteiger partial charge in [0.2, 0.25) is 0 Å². The van der Waals surface area contributed by atoms with Gasteiger partial charge in [-0.05, 0) is 51.8 Å². The third kappa shape index (κ3) is 3.82. The molecule has 106 valence electrons. The summed E-state index contributed by atoms with van der Waals surface area (Å²) in [6.07, 6.45) is 1.46. The van der Waals surface area contributed by atoms with Crippen LogP contribution in [0.5, 0.6) is 5.75 Å². The van der Waals surface area contributed by atoms with E-state index in [2.05, 4.69) is 15.9 Å². The zero-order valence-corrected chi connectivity index (χ0v) is 12.9. The molecule has 2 rings (SSSR count). The van der Waals surface area contributed by atoms with Crippen LogP contribution < -0.4 is 4.74 Å². The van der Waals surface area contributed by atoms with Gasteiger partial charge >= 0.3 is 5.97 Å². The molecule has 0 aliphatic heterocycles. The van der Waals surface area contributed by atoms with Gasteiger partial charge in [0, 0.05) is 4.47 Å². The van der Waals surface area contributed by atoms with Gasteiger partial charge in [-0.2, -0.15) is 10.5 Å². The van der Waals surface area contributed by atoms with Gasteiger partial charge in [0.15, 0.2) is 0 Å². The van der Waals surface area contributed by atoms with Crippen molar-refractivity contribution in [3.8, 4) is 17.9 Å². The number of halogens is 1. The Bertz CT molecular complexity index is 796. The largest absolute Gasteiger partial charge is 0.423 e. The summed E-state index contributed by atoms with van der Waals surface area (Å²) in [4.78, 5) is 12.0. The van der Waals surface area contributed by atoms with Gasteiger partial charge in [0.25, 0.3) is 0 Å². The maximum Gasteiger partial charge on any atom is 0.344 e. The quantitative estimate of drug-likeness (QED) is 0.473. The van der Waals surface area contributed by atoms with E-state index in [0.29, 0.717) is 21.3 Å². The highest BCUT2D eigenvalue weighted by molar-refractivity contribution is 9.10. The minimum Gasteiger partial charge on any atom is -0.423 e. The molecule has 2 aromatic rings. The van der Waals surface area contributed by atoms with Crippen LogP contribution in [0, 0.1) is 22.7 Å². The Labute approximate surface area is 136 Å². The second-order valence-corrected chi connectivity index (χ2v) is 5.07. The summed E-state index contributed by atoms with van der Waals surface area (Å²) in [5, 5.41) is 17.4. The third-order valence-corrected chi connectivity index (χ3v) is 3.43. The molecular weight excluding hydrogens is 344 g/mol. The van der Waals surface area contributed by atoms with E-state index >= 15 is 0 Å². The molecule has 2 aromatic carbocycles. The minimum absolute atomic E-state index is 0.0120. The first-order valence-corrected chi connectivity index (χ1v) is 7.02. The van der Waals surface area contributed by atoms with Crippen molar-refractivity contribution in [3.05, 3.63) is 69.7 Å². The summed E-state index contributed by atoms with van der Waals surface area (Å²) in [5.41, 5.74) is 1.12. The van der Waals surface area contributed by atoms with Crippen LogP contribution in [-0.2, 0) is 0 Å². The number of benzene rings is 2. The van der Waals surface area contributed by atoms with Crippen molar-refractivity contribution in [2.24, 2.45) is 0 Å². The SMILES string of the molecule is N#CC(C#N)=Cc1ccc(OC(=O)c2ccccc2Br)cc1. The molecule has 0 amide bonds. The first-order valence-electron chi connectivity index (χ1n) is 6.22. The van der Waals surface area contributed by atoms with Crippen LogP contribution >= 0.6 is 15.9 Å². The summed E-state index contributed by atoms with van der Waals surface area (Å²) >= 11 is 3.29. The molecule has 0 atom stereocenters. The number of nitriles is 2. The van der Waals surface area contributed by atoms with Crippen molar-refractivity contribution >= 4 is 28.0 Å². The Morgan fingerprint density at radius 3 is 2.27 bits per heavy atom. The molecular formula is C17H9BrN2O2. The van der Waals surface area contributed by atoms with Crippen LogP contribution in [0.25, 0.3) is 6.08 Å². The van der Waals surface area contributed by atoms with Crippen molar-refractivity contribution < 1.29 is 9.53 Å². The van der Waals surface area contributed by atoms with Crippen molar-refractivity contribution in [3.63, 3.8) is 0 Å². The van der Waals surface area contributed by atoms with Crippen molar-refractivity contribution in [2.75, 3.05) is 0 Å². The van der Waals surface area contributed by atoms with E-state index in [1.165, 1.54) is 6.08 Å². The summed E-state index contributed by atoms with van der Waals surface area (Å²) in [5.74, 6) is -0.0844. The third-order valence-electron chi connectivity index (χ3n) is 2.74. The summed E-state index contributed by atoms with van der Waals surface area (Å²) in [6, 6.07) is 17.1. The molecule has 5 heteroatoms. The van der Waals surface area contributed by atoms with Crippen LogP contribution in [0.4, 0.5) is 0 Å². The highest BCUT2D eigenvalue weighted by atomic mass is 79.9. The average molecular weight is 353 g/mol. The minimum atomic E-state index is -0.467. The number of allylic oxidation sites excluding steroid dienone is 1. The van der Waals surface area contributed by atoms with Gasteiger partial charge in [0.1, 0.15) is 23.5 Å². The maximum absolute atomic E-state index is 12.0. The van der Waals surface area contributed by atoms with E-state index in [1.807, 2.05) is 6.07 Å². The first kappa shape index (κ1) is 15.5. The fourth-order valence-corrected chi connectivity index (χ4v) is 2.12. The van der Waals surface area contributed by atoms with Gasteiger partial charge < -0.3 is 4.74 Å². The van der Waals surface area contributed by atoms with E-state index in [-0.39, 0.29) is 5.57 Å².